The van der Waals surface area contributed by atoms with Crippen molar-refractivity contribution in [2.24, 2.45) is 7.05 Å². The largest absolute Gasteiger partial charge is 0.290 e. The highest BCUT2D eigenvalue weighted by Crippen LogP contribution is 2.01. The maximum Gasteiger partial charge on any atom is 0.290 e. The second-order valence-corrected chi connectivity index (χ2v) is 4.10. The number of aryl methyl sites for hydroxylation is 1. The van der Waals surface area contributed by atoms with E-state index in [2.05, 4.69) is 16.0 Å². The molecule has 0 unspecified atom stereocenters. The fourth-order valence-corrected chi connectivity index (χ4v) is 1.47. The first-order valence-electron chi connectivity index (χ1n) is 5.88. The van der Waals surface area contributed by atoms with Crippen molar-refractivity contribution in [3.05, 3.63) is 63.8 Å². The van der Waals surface area contributed by atoms with E-state index < -0.39 is 17.6 Å². The molecule has 0 spiro atoms. The predicted octanol–water partition coefficient (Wildman–Crippen LogP) is -0.00580. The number of rotatable bonds is 2. The number of nitrogens with one attached hydrogen (secondary N) is 2. The van der Waals surface area contributed by atoms with Crippen molar-refractivity contribution < 1.29 is 14.0 Å². The fourth-order valence-electron chi connectivity index (χ4n) is 1.47. The molecule has 2 aromatic rings. The van der Waals surface area contributed by atoms with Gasteiger partial charge < -0.3 is 0 Å². The summed E-state index contributed by atoms with van der Waals surface area (Å²) in [6, 6.07) is 7.24. The lowest BCUT2D eigenvalue weighted by molar-refractivity contribution is 0.0842. The molecule has 0 bridgehead atoms. The molecule has 2 amide bonds. The summed E-state index contributed by atoms with van der Waals surface area (Å²) < 4.78 is 13.7. The highest BCUT2D eigenvalue weighted by Gasteiger charge is 2.11. The van der Waals surface area contributed by atoms with Crippen molar-refractivity contribution in [1.82, 2.24) is 20.6 Å². The molecule has 1 aromatic heterocycles. The van der Waals surface area contributed by atoms with Crippen LogP contribution in [-0.4, -0.2) is 21.6 Å². The number of carbonyl (C=O) groups excluding carboxylic acids is 2. The molecule has 1 aromatic carbocycles. The van der Waals surface area contributed by atoms with Crippen LogP contribution >= 0.6 is 0 Å². The Kier molecular flexibility index (Phi) is 4.07. The Morgan fingerprint density at radius 1 is 1.05 bits per heavy atom. The maximum atomic E-state index is 12.7. The third-order valence-corrected chi connectivity index (χ3v) is 2.59. The lowest BCUT2D eigenvalue weighted by Crippen LogP contribution is -2.42. The number of aromatic nitrogens is 2. The van der Waals surface area contributed by atoms with Crippen molar-refractivity contribution in [3.63, 3.8) is 0 Å². The summed E-state index contributed by atoms with van der Waals surface area (Å²) >= 11 is 0. The summed E-state index contributed by atoms with van der Waals surface area (Å²) in [5.41, 5.74) is 4.11. The number of halogens is 1. The normalized spacial score (nSPS) is 10.0. The average Bonchev–Trinajstić information content (AvgIpc) is 2.48. The minimum atomic E-state index is -0.680. The predicted molar refractivity (Wildman–Crippen MR) is 70.8 cm³/mol. The number of nitrogens with zero attached hydrogens (tertiary/aromatic N) is 2. The molecule has 2 rings (SSSR count). The Bertz CT molecular complexity index is 740. The van der Waals surface area contributed by atoms with E-state index in [0.29, 0.717) is 0 Å². The van der Waals surface area contributed by atoms with E-state index in [9.17, 15) is 18.8 Å². The van der Waals surface area contributed by atoms with Gasteiger partial charge in [-0.05, 0) is 30.3 Å². The number of benzene rings is 1. The zero-order valence-electron chi connectivity index (χ0n) is 11.0. The molecule has 21 heavy (non-hydrogen) atoms. The quantitative estimate of drug-likeness (QED) is 0.761. The van der Waals surface area contributed by atoms with E-state index in [1.165, 1.54) is 31.3 Å². The van der Waals surface area contributed by atoms with Crippen LogP contribution in [0.5, 0.6) is 0 Å². The van der Waals surface area contributed by atoms with Crippen LogP contribution in [0.25, 0.3) is 0 Å². The average molecular weight is 290 g/mol. The van der Waals surface area contributed by atoms with E-state index in [1.807, 2.05) is 0 Å². The molecule has 7 nitrogen and oxygen atoms in total. The maximum absolute atomic E-state index is 12.7. The van der Waals surface area contributed by atoms with Crippen LogP contribution in [0, 0.1) is 5.82 Å². The van der Waals surface area contributed by atoms with E-state index in [4.69, 9.17) is 0 Å². The fraction of sp³-hybridized carbons (Fsp3) is 0.0769. The van der Waals surface area contributed by atoms with Crippen LogP contribution < -0.4 is 16.4 Å². The van der Waals surface area contributed by atoms with Crippen LogP contribution in [0.2, 0.25) is 0 Å². The molecule has 0 atom stereocenters. The molecule has 0 aliphatic rings. The van der Waals surface area contributed by atoms with Gasteiger partial charge in [0.05, 0.1) is 0 Å². The first-order valence-corrected chi connectivity index (χ1v) is 5.88. The summed E-state index contributed by atoms with van der Waals surface area (Å²) in [6.45, 7) is 0. The second-order valence-electron chi connectivity index (χ2n) is 4.10. The van der Waals surface area contributed by atoms with Gasteiger partial charge in [0.15, 0.2) is 5.69 Å². The van der Waals surface area contributed by atoms with Crippen molar-refractivity contribution in [2.75, 3.05) is 0 Å². The van der Waals surface area contributed by atoms with Gasteiger partial charge in [0.25, 0.3) is 17.4 Å². The van der Waals surface area contributed by atoms with E-state index in [1.54, 1.807) is 0 Å². The molecule has 0 aliphatic heterocycles. The molecule has 0 saturated heterocycles. The Morgan fingerprint density at radius 2 is 1.67 bits per heavy atom. The number of carbonyl (C=O) groups is 2. The van der Waals surface area contributed by atoms with Gasteiger partial charge >= 0.3 is 0 Å². The zero-order valence-corrected chi connectivity index (χ0v) is 11.0. The van der Waals surface area contributed by atoms with Gasteiger partial charge in [-0.3, -0.25) is 25.2 Å². The van der Waals surface area contributed by atoms with E-state index in [-0.39, 0.29) is 16.8 Å². The molecule has 0 saturated carbocycles. The molecule has 1 heterocycles. The molecule has 108 valence electrons. The van der Waals surface area contributed by atoms with E-state index in [0.717, 1.165) is 16.8 Å². The van der Waals surface area contributed by atoms with Gasteiger partial charge in [-0.15, -0.1) is 0 Å². The van der Waals surface area contributed by atoms with Crippen molar-refractivity contribution in [1.29, 1.82) is 0 Å². The number of amides is 2. The number of hydrogen-bond acceptors (Lipinski definition) is 4. The molecular formula is C13H11FN4O3. The van der Waals surface area contributed by atoms with Gasteiger partial charge in [0, 0.05) is 18.7 Å². The minimum absolute atomic E-state index is 0.0310. The highest BCUT2D eigenvalue weighted by molar-refractivity contribution is 5.98. The van der Waals surface area contributed by atoms with Gasteiger partial charge in [-0.25, -0.2) is 9.07 Å². The van der Waals surface area contributed by atoms with Crippen molar-refractivity contribution >= 4 is 11.8 Å². The van der Waals surface area contributed by atoms with Crippen LogP contribution in [0.1, 0.15) is 20.8 Å². The number of hydrogen-bond donors (Lipinski definition) is 2. The third kappa shape index (κ3) is 3.50. The highest BCUT2D eigenvalue weighted by atomic mass is 19.1. The lowest BCUT2D eigenvalue weighted by Gasteiger charge is -2.07. The molecule has 0 aliphatic carbocycles. The van der Waals surface area contributed by atoms with Crippen LogP contribution in [0.4, 0.5) is 4.39 Å². The molecule has 2 N–H and O–H groups in total. The summed E-state index contributed by atoms with van der Waals surface area (Å²) in [6.07, 6.45) is 0. The van der Waals surface area contributed by atoms with Crippen LogP contribution in [0.15, 0.2) is 41.2 Å². The third-order valence-electron chi connectivity index (χ3n) is 2.59. The SMILES string of the molecule is Cn1nc(C(=O)NNC(=O)c2ccc(F)cc2)ccc1=O. The molecule has 0 radical (unpaired) electrons. The van der Waals surface area contributed by atoms with Crippen molar-refractivity contribution in [2.45, 2.75) is 0 Å². The Morgan fingerprint density at radius 3 is 2.29 bits per heavy atom. The lowest BCUT2D eigenvalue weighted by atomic mass is 10.2. The summed E-state index contributed by atoms with van der Waals surface area (Å²) in [5, 5.41) is 3.73. The molecule has 8 heteroatoms. The smallest absolute Gasteiger partial charge is 0.268 e. The Hall–Kier alpha value is -3.03. The molecule has 0 fully saturated rings. The topological polar surface area (TPSA) is 93.1 Å². The standard InChI is InChI=1S/C13H11FN4O3/c1-18-11(19)7-6-10(17-18)13(21)16-15-12(20)8-2-4-9(14)5-3-8/h2-7H,1H3,(H,15,20)(H,16,21). The summed E-state index contributed by atoms with van der Waals surface area (Å²) in [7, 11) is 1.40. The van der Waals surface area contributed by atoms with E-state index >= 15 is 0 Å². The van der Waals surface area contributed by atoms with Crippen LogP contribution in [-0.2, 0) is 7.05 Å². The Balaban J connectivity index is 2.00. The zero-order chi connectivity index (χ0) is 15.4. The summed E-state index contributed by atoms with van der Waals surface area (Å²) in [4.78, 5) is 34.6. The van der Waals surface area contributed by atoms with Gasteiger partial charge in [0.1, 0.15) is 5.82 Å². The summed E-state index contributed by atoms with van der Waals surface area (Å²) in [5.74, 6) is -1.75. The van der Waals surface area contributed by atoms with Gasteiger partial charge in [-0.2, -0.15) is 5.10 Å². The minimum Gasteiger partial charge on any atom is -0.268 e. The van der Waals surface area contributed by atoms with Gasteiger partial charge in [-0.1, -0.05) is 0 Å². The number of hydrazine groups is 1. The first kappa shape index (κ1) is 14.4. The first-order chi connectivity index (χ1) is 9.97. The van der Waals surface area contributed by atoms with Gasteiger partial charge in [0.2, 0.25) is 0 Å². The van der Waals surface area contributed by atoms with Crippen molar-refractivity contribution in [3.8, 4) is 0 Å². The second kappa shape index (κ2) is 5.95. The monoisotopic (exact) mass is 290 g/mol. The Labute approximate surface area is 118 Å². The molecular weight excluding hydrogens is 279 g/mol. The van der Waals surface area contributed by atoms with Crippen LogP contribution in [0.3, 0.4) is 0 Å².